The standard InChI is InChI=1S/C24H21N3O3S/c1-16-10-12-19(13-11-16)27-22(28)15-21(23(27)29)31-20-9-5-8-18(14-20)26-24(30)25-17-6-3-2-4-7-17/h2-14,21H,15H2,1H3,(H2,25,26,30). The van der Waals surface area contributed by atoms with Crippen LogP contribution in [0.5, 0.6) is 0 Å². The van der Waals surface area contributed by atoms with Gasteiger partial charge in [0.05, 0.1) is 10.9 Å². The van der Waals surface area contributed by atoms with Crippen molar-refractivity contribution in [1.29, 1.82) is 0 Å². The van der Waals surface area contributed by atoms with Crippen molar-refractivity contribution in [1.82, 2.24) is 0 Å². The van der Waals surface area contributed by atoms with Crippen molar-refractivity contribution >= 4 is 46.7 Å². The van der Waals surface area contributed by atoms with Gasteiger partial charge in [-0.3, -0.25) is 9.59 Å². The lowest BCUT2D eigenvalue weighted by atomic mass is 10.2. The molecule has 31 heavy (non-hydrogen) atoms. The fraction of sp³-hybridized carbons (Fsp3) is 0.125. The van der Waals surface area contributed by atoms with E-state index in [0.29, 0.717) is 17.1 Å². The van der Waals surface area contributed by atoms with Crippen LogP contribution in [-0.4, -0.2) is 23.1 Å². The van der Waals surface area contributed by atoms with Crippen molar-refractivity contribution in [3.8, 4) is 0 Å². The molecule has 1 aliphatic rings. The molecule has 2 N–H and O–H groups in total. The monoisotopic (exact) mass is 431 g/mol. The minimum Gasteiger partial charge on any atom is -0.308 e. The molecule has 6 nitrogen and oxygen atoms in total. The molecule has 7 heteroatoms. The zero-order valence-corrected chi connectivity index (χ0v) is 17.7. The first-order chi connectivity index (χ1) is 15.0. The second kappa shape index (κ2) is 9.06. The minimum absolute atomic E-state index is 0.142. The number of imide groups is 1. The Morgan fingerprint density at radius 3 is 2.32 bits per heavy atom. The summed E-state index contributed by atoms with van der Waals surface area (Å²) in [5.74, 6) is -0.429. The zero-order valence-electron chi connectivity index (χ0n) is 16.9. The van der Waals surface area contributed by atoms with Gasteiger partial charge in [-0.15, -0.1) is 11.8 Å². The number of para-hydroxylation sites is 1. The summed E-state index contributed by atoms with van der Waals surface area (Å²) in [6.45, 7) is 1.96. The Bertz CT molecular complexity index is 1120. The van der Waals surface area contributed by atoms with E-state index in [9.17, 15) is 14.4 Å². The van der Waals surface area contributed by atoms with Gasteiger partial charge in [-0.25, -0.2) is 9.69 Å². The summed E-state index contributed by atoms with van der Waals surface area (Å²) >= 11 is 1.33. The van der Waals surface area contributed by atoms with Crippen LogP contribution in [0.2, 0.25) is 0 Å². The fourth-order valence-corrected chi connectivity index (χ4v) is 4.40. The van der Waals surface area contributed by atoms with Crippen molar-refractivity contribution in [2.45, 2.75) is 23.5 Å². The molecule has 156 valence electrons. The molecule has 0 saturated carbocycles. The molecule has 1 saturated heterocycles. The van der Waals surface area contributed by atoms with Gasteiger partial charge >= 0.3 is 6.03 Å². The number of anilines is 3. The van der Waals surface area contributed by atoms with Crippen molar-refractivity contribution in [2.75, 3.05) is 15.5 Å². The number of thioether (sulfide) groups is 1. The van der Waals surface area contributed by atoms with Crippen LogP contribution in [0.15, 0.2) is 83.8 Å². The highest BCUT2D eigenvalue weighted by Crippen LogP contribution is 2.34. The second-order valence-corrected chi connectivity index (χ2v) is 8.46. The average Bonchev–Trinajstić information content (AvgIpc) is 3.02. The lowest BCUT2D eigenvalue weighted by molar-refractivity contribution is -0.121. The highest BCUT2D eigenvalue weighted by molar-refractivity contribution is 8.00. The maximum absolute atomic E-state index is 12.9. The molecule has 0 bridgehead atoms. The molecule has 1 unspecified atom stereocenters. The van der Waals surface area contributed by atoms with Gasteiger partial charge in [-0.2, -0.15) is 0 Å². The van der Waals surface area contributed by atoms with Gasteiger partial charge in [0, 0.05) is 22.7 Å². The number of hydrogen-bond donors (Lipinski definition) is 2. The van der Waals surface area contributed by atoms with Gasteiger partial charge in [0.15, 0.2) is 0 Å². The number of carbonyl (C=O) groups excluding carboxylic acids is 3. The SMILES string of the molecule is Cc1ccc(N2C(=O)CC(Sc3cccc(NC(=O)Nc4ccccc4)c3)C2=O)cc1. The van der Waals surface area contributed by atoms with E-state index in [1.165, 1.54) is 16.7 Å². The van der Waals surface area contributed by atoms with Gasteiger partial charge in [0.25, 0.3) is 0 Å². The second-order valence-electron chi connectivity index (χ2n) is 7.19. The predicted octanol–water partition coefficient (Wildman–Crippen LogP) is 5.06. The largest absolute Gasteiger partial charge is 0.323 e. The number of aryl methyl sites for hydroxylation is 1. The smallest absolute Gasteiger partial charge is 0.308 e. The van der Waals surface area contributed by atoms with Gasteiger partial charge in [0.2, 0.25) is 11.8 Å². The van der Waals surface area contributed by atoms with Gasteiger partial charge < -0.3 is 10.6 Å². The van der Waals surface area contributed by atoms with Crippen molar-refractivity contribution in [3.05, 3.63) is 84.4 Å². The molecule has 4 rings (SSSR count). The quantitative estimate of drug-likeness (QED) is 0.553. The highest BCUT2D eigenvalue weighted by Gasteiger charge is 2.40. The molecular formula is C24H21N3O3S. The number of benzene rings is 3. The van der Waals surface area contributed by atoms with Crippen LogP contribution in [0.4, 0.5) is 21.9 Å². The van der Waals surface area contributed by atoms with Crippen molar-refractivity contribution in [3.63, 3.8) is 0 Å². The highest BCUT2D eigenvalue weighted by atomic mass is 32.2. The third kappa shape index (κ3) is 4.95. The first-order valence-electron chi connectivity index (χ1n) is 9.83. The van der Waals surface area contributed by atoms with Crippen LogP contribution >= 0.6 is 11.8 Å². The lowest BCUT2D eigenvalue weighted by Gasteiger charge is -2.15. The Morgan fingerprint density at radius 1 is 0.903 bits per heavy atom. The number of rotatable bonds is 5. The Balaban J connectivity index is 1.41. The first kappa shape index (κ1) is 20.7. The van der Waals surface area contributed by atoms with Gasteiger partial charge in [0.1, 0.15) is 0 Å². The summed E-state index contributed by atoms with van der Waals surface area (Å²) in [5, 5.41) is 5.05. The van der Waals surface area contributed by atoms with E-state index < -0.39 is 5.25 Å². The maximum atomic E-state index is 12.9. The summed E-state index contributed by atoms with van der Waals surface area (Å²) in [7, 11) is 0. The Hall–Kier alpha value is -3.58. The molecular weight excluding hydrogens is 410 g/mol. The zero-order chi connectivity index (χ0) is 21.8. The molecule has 3 aromatic rings. The molecule has 0 aromatic heterocycles. The Morgan fingerprint density at radius 2 is 1.58 bits per heavy atom. The van der Waals surface area contributed by atoms with Crippen LogP contribution in [0.1, 0.15) is 12.0 Å². The molecule has 1 heterocycles. The summed E-state index contributed by atoms with van der Waals surface area (Å²) in [5.41, 5.74) is 2.95. The number of amides is 4. The summed E-state index contributed by atoms with van der Waals surface area (Å²) in [6.07, 6.45) is 0.142. The third-order valence-corrected chi connectivity index (χ3v) is 5.98. The molecule has 1 aliphatic heterocycles. The van der Waals surface area contributed by atoms with E-state index in [-0.39, 0.29) is 24.3 Å². The first-order valence-corrected chi connectivity index (χ1v) is 10.7. The van der Waals surface area contributed by atoms with Gasteiger partial charge in [-0.05, 0) is 49.4 Å². The Labute approximate surface area is 184 Å². The van der Waals surface area contributed by atoms with E-state index in [0.717, 1.165) is 10.5 Å². The number of nitrogens with one attached hydrogen (secondary N) is 2. The Kier molecular flexibility index (Phi) is 6.04. The number of nitrogens with zero attached hydrogens (tertiary/aromatic N) is 1. The molecule has 0 spiro atoms. The predicted molar refractivity (Wildman–Crippen MR) is 123 cm³/mol. The van der Waals surface area contributed by atoms with Crippen LogP contribution in [-0.2, 0) is 9.59 Å². The van der Waals surface area contributed by atoms with Crippen LogP contribution < -0.4 is 15.5 Å². The number of carbonyl (C=O) groups is 3. The molecule has 1 atom stereocenters. The molecule has 4 amide bonds. The van der Waals surface area contributed by atoms with Crippen LogP contribution in [0, 0.1) is 6.92 Å². The van der Waals surface area contributed by atoms with E-state index in [1.807, 2.05) is 43.3 Å². The fourth-order valence-electron chi connectivity index (χ4n) is 3.29. The van der Waals surface area contributed by atoms with E-state index >= 15 is 0 Å². The maximum Gasteiger partial charge on any atom is 0.323 e. The van der Waals surface area contributed by atoms with E-state index in [4.69, 9.17) is 0 Å². The normalized spacial score (nSPS) is 15.8. The number of urea groups is 1. The number of hydrogen-bond acceptors (Lipinski definition) is 4. The van der Waals surface area contributed by atoms with Crippen LogP contribution in [0.3, 0.4) is 0 Å². The third-order valence-electron chi connectivity index (χ3n) is 4.80. The molecule has 1 fully saturated rings. The van der Waals surface area contributed by atoms with E-state index in [1.54, 1.807) is 42.5 Å². The summed E-state index contributed by atoms with van der Waals surface area (Å²) in [4.78, 5) is 39.6. The molecule has 0 aliphatic carbocycles. The average molecular weight is 432 g/mol. The minimum atomic E-state index is -0.498. The molecule has 3 aromatic carbocycles. The summed E-state index contributed by atoms with van der Waals surface area (Å²) < 4.78 is 0. The van der Waals surface area contributed by atoms with Crippen LogP contribution in [0.25, 0.3) is 0 Å². The topological polar surface area (TPSA) is 78.5 Å². The van der Waals surface area contributed by atoms with Crippen molar-refractivity contribution in [2.24, 2.45) is 0 Å². The van der Waals surface area contributed by atoms with Crippen molar-refractivity contribution < 1.29 is 14.4 Å². The van der Waals surface area contributed by atoms with Gasteiger partial charge in [-0.1, -0.05) is 42.0 Å². The lowest BCUT2D eigenvalue weighted by Crippen LogP contribution is -2.31. The van der Waals surface area contributed by atoms with E-state index in [2.05, 4.69) is 10.6 Å². The summed E-state index contributed by atoms with van der Waals surface area (Å²) in [6, 6.07) is 23.4. The molecule has 0 radical (unpaired) electrons.